The summed E-state index contributed by atoms with van der Waals surface area (Å²) in [5, 5.41) is 10.1. The Bertz CT molecular complexity index is 878. The molecule has 1 aromatic heterocycles. The quantitative estimate of drug-likeness (QED) is 0.422. The molecule has 1 amide bonds. The molecule has 0 atom stereocenters. The summed E-state index contributed by atoms with van der Waals surface area (Å²) in [4.78, 5) is 29.5. The number of carboxylic acid groups (broad SMARTS) is 1. The lowest BCUT2D eigenvalue weighted by Crippen LogP contribution is -2.47. The lowest BCUT2D eigenvalue weighted by Gasteiger charge is -2.39. The smallest absolute Gasteiger partial charge is 0.348 e. The Hall–Kier alpha value is -1.70. The average molecular weight is 490 g/mol. The van der Waals surface area contributed by atoms with Gasteiger partial charge in [-0.2, -0.15) is 0 Å². The number of thiophene rings is 1. The number of methoxy groups -OCH3 is 1. The highest BCUT2D eigenvalue weighted by Crippen LogP contribution is 2.42. The van der Waals surface area contributed by atoms with Crippen molar-refractivity contribution >= 4 is 34.5 Å². The lowest BCUT2D eigenvalue weighted by atomic mass is 9.81. The van der Waals surface area contributed by atoms with Crippen molar-refractivity contribution in [2.45, 2.75) is 96.1 Å². The Morgan fingerprint density at radius 1 is 1.09 bits per heavy atom. The summed E-state index contributed by atoms with van der Waals surface area (Å²) >= 11 is 1.34. The molecule has 2 saturated carbocycles. The van der Waals surface area contributed by atoms with Crippen molar-refractivity contribution in [1.82, 2.24) is 0 Å². The van der Waals surface area contributed by atoms with Crippen LogP contribution in [0.3, 0.4) is 0 Å². The largest absolute Gasteiger partial charge is 0.477 e. The van der Waals surface area contributed by atoms with E-state index in [1.807, 2.05) is 11.0 Å². The van der Waals surface area contributed by atoms with Crippen LogP contribution in [0.25, 0.3) is 5.57 Å². The molecule has 3 aliphatic rings. The summed E-state index contributed by atoms with van der Waals surface area (Å²) in [5.41, 5.74) is 1.85. The molecular formula is C27H39NO5S. The monoisotopic (exact) mass is 489 g/mol. The Balaban J connectivity index is 1.64. The van der Waals surface area contributed by atoms with Crippen LogP contribution < -0.4 is 4.90 Å². The summed E-state index contributed by atoms with van der Waals surface area (Å²) in [5.74, 6) is -0.170. The van der Waals surface area contributed by atoms with Gasteiger partial charge in [-0.25, -0.2) is 4.79 Å². The fourth-order valence-corrected chi connectivity index (χ4v) is 6.82. The van der Waals surface area contributed by atoms with E-state index in [0.717, 1.165) is 75.5 Å². The third kappa shape index (κ3) is 5.92. The Labute approximate surface area is 207 Å². The van der Waals surface area contributed by atoms with Crippen LogP contribution in [0.5, 0.6) is 0 Å². The van der Waals surface area contributed by atoms with Crippen molar-refractivity contribution < 1.29 is 24.2 Å². The van der Waals surface area contributed by atoms with Crippen LogP contribution in [0.1, 0.15) is 98.5 Å². The van der Waals surface area contributed by atoms with E-state index in [1.54, 1.807) is 7.11 Å². The first-order chi connectivity index (χ1) is 16.5. The number of amides is 1. The minimum Gasteiger partial charge on any atom is -0.477 e. The van der Waals surface area contributed by atoms with Gasteiger partial charge in [-0.3, -0.25) is 4.79 Å². The molecule has 0 unspecified atom stereocenters. The number of carbonyl (C=O) groups is 2. The summed E-state index contributed by atoms with van der Waals surface area (Å²) in [6.07, 6.45) is 14.0. The normalized spacial score (nSPS) is 27.8. The third-order valence-corrected chi connectivity index (χ3v) is 8.99. The molecule has 0 saturated heterocycles. The molecule has 3 aliphatic carbocycles. The topological polar surface area (TPSA) is 76.1 Å². The van der Waals surface area contributed by atoms with Crippen LogP contribution in [0.15, 0.2) is 12.1 Å². The van der Waals surface area contributed by atoms with Crippen molar-refractivity contribution in [3.05, 3.63) is 21.9 Å². The highest BCUT2D eigenvalue weighted by atomic mass is 32.1. The van der Waals surface area contributed by atoms with Crippen LogP contribution in [-0.2, 0) is 14.3 Å². The molecule has 1 N–H and O–H groups in total. The third-order valence-electron chi connectivity index (χ3n) is 7.81. The van der Waals surface area contributed by atoms with Crippen molar-refractivity contribution in [3.63, 3.8) is 0 Å². The molecule has 0 aliphatic heterocycles. The SMILES string of the molecule is COCOC1CCC(N(C(=O)C2CCC(C)CC2)c2cc(C3=CCCCC3)sc2C(=O)O)CC1. The van der Waals surface area contributed by atoms with E-state index in [9.17, 15) is 14.7 Å². The van der Waals surface area contributed by atoms with Crippen molar-refractivity contribution in [2.24, 2.45) is 11.8 Å². The molecule has 2 fully saturated rings. The number of ether oxygens (including phenoxy) is 2. The van der Waals surface area contributed by atoms with Gasteiger partial charge in [-0.15, -0.1) is 11.3 Å². The number of carbonyl (C=O) groups excluding carboxylic acids is 1. The van der Waals surface area contributed by atoms with Gasteiger partial charge in [0.2, 0.25) is 5.91 Å². The van der Waals surface area contributed by atoms with E-state index >= 15 is 0 Å². The van der Waals surface area contributed by atoms with Crippen LogP contribution in [0, 0.1) is 11.8 Å². The first-order valence-electron chi connectivity index (χ1n) is 13.0. The lowest BCUT2D eigenvalue weighted by molar-refractivity contribution is -0.124. The maximum atomic E-state index is 14.0. The Morgan fingerprint density at radius 2 is 1.82 bits per heavy atom. The summed E-state index contributed by atoms with van der Waals surface area (Å²) in [6.45, 7) is 2.54. The summed E-state index contributed by atoms with van der Waals surface area (Å²) < 4.78 is 10.8. The zero-order valence-corrected chi connectivity index (χ0v) is 21.4. The molecule has 0 bridgehead atoms. The van der Waals surface area contributed by atoms with Gasteiger partial charge in [-0.05, 0) is 94.6 Å². The zero-order valence-electron chi connectivity index (χ0n) is 20.6. The van der Waals surface area contributed by atoms with Crippen LogP contribution in [0.4, 0.5) is 5.69 Å². The number of hydrogen-bond acceptors (Lipinski definition) is 5. The van der Waals surface area contributed by atoms with Gasteiger partial charge in [-0.1, -0.05) is 13.0 Å². The molecule has 1 aromatic rings. The van der Waals surface area contributed by atoms with Crippen LogP contribution in [-0.4, -0.2) is 43.0 Å². The number of rotatable bonds is 8. The minimum absolute atomic E-state index is 0.00938. The Kier molecular flexibility index (Phi) is 8.83. The van der Waals surface area contributed by atoms with Gasteiger partial charge in [0.05, 0.1) is 11.8 Å². The van der Waals surface area contributed by atoms with E-state index in [-0.39, 0.29) is 30.8 Å². The molecule has 188 valence electrons. The molecule has 0 spiro atoms. The first-order valence-corrected chi connectivity index (χ1v) is 13.8. The molecule has 0 aromatic carbocycles. The molecule has 34 heavy (non-hydrogen) atoms. The second-order valence-corrected chi connectivity index (χ2v) is 11.3. The molecular weight excluding hydrogens is 450 g/mol. The second kappa shape index (κ2) is 11.8. The second-order valence-electron chi connectivity index (χ2n) is 10.3. The molecule has 0 radical (unpaired) electrons. The van der Waals surface area contributed by atoms with Crippen molar-refractivity contribution in [3.8, 4) is 0 Å². The fourth-order valence-electron chi connectivity index (χ4n) is 5.77. The molecule has 1 heterocycles. The summed E-state index contributed by atoms with van der Waals surface area (Å²) in [7, 11) is 1.63. The highest BCUT2D eigenvalue weighted by Gasteiger charge is 2.37. The van der Waals surface area contributed by atoms with Gasteiger partial charge >= 0.3 is 5.97 Å². The number of aromatic carboxylic acids is 1. The Morgan fingerprint density at radius 3 is 2.44 bits per heavy atom. The van der Waals surface area contributed by atoms with Gasteiger partial charge in [0.1, 0.15) is 11.7 Å². The van der Waals surface area contributed by atoms with Gasteiger partial charge in [0.15, 0.2) is 0 Å². The van der Waals surface area contributed by atoms with Gasteiger partial charge < -0.3 is 19.5 Å². The minimum atomic E-state index is -0.935. The average Bonchev–Trinajstić information content (AvgIpc) is 3.30. The van der Waals surface area contributed by atoms with Crippen LogP contribution >= 0.6 is 11.3 Å². The highest BCUT2D eigenvalue weighted by molar-refractivity contribution is 7.15. The molecule has 7 heteroatoms. The van der Waals surface area contributed by atoms with E-state index in [0.29, 0.717) is 16.5 Å². The predicted octanol–water partition coefficient (Wildman–Crippen LogP) is 6.49. The van der Waals surface area contributed by atoms with Gasteiger partial charge in [0.25, 0.3) is 0 Å². The van der Waals surface area contributed by atoms with Crippen LogP contribution in [0.2, 0.25) is 0 Å². The number of allylic oxidation sites excluding steroid dienone is 2. The number of hydrogen-bond donors (Lipinski definition) is 1. The number of nitrogens with zero attached hydrogens (tertiary/aromatic N) is 1. The molecule has 4 rings (SSSR count). The first kappa shape index (κ1) is 25.4. The predicted molar refractivity (Wildman–Crippen MR) is 135 cm³/mol. The number of carboxylic acids is 1. The molecule has 6 nitrogen and oxygen atoms in total. The van der Waals surface area contributed by atoms with Crippen molar-refractivity contribution in [2.75, 3.05) is 18.8 Å². The maximum Gasteiger partial charge on any atom is 0.348 e. The standard InChI is InChI=1S/C27H39NO5S/c1-18-8-10-20(11-9-18)26(29)28(21-12-14-22(15-13-21)33-17-32-2)23-16-24(34-25(23)27(30)31)19-6-4-3-5-7-19/h6,16,18,20-22H,3-5,7-15,17H2,1-2H3,(H,30,31). The van der Waals surface area contributed by atoms with Crippen molar-refractivity contribution in [1.29, 1.82) is 0 Å². The summed E-state index contributed by atoms with van der Waals surface area (Å²) in [6, 6.07) is 2.01. The van der Waals surface area contributed by atoms with E-state index in [2.05, 4.69) is 13.0 Å². The number of anilines is 1. The van der Waals surface area contributed by atoms with E-state index in [4.69, 9.17) is 9.47 Å². The zero-order chi connectivity index (χ0) is 24.1. The fraction of sp³-hybridized carbons (Fsp3) is 0.704. The van der Waals surface area contributed by atoms with E-state index in [1.165, 1.54) is 23.3 Å². The van der Waals surface area contributed by atoms with E-state index < -0.39 is 5.97 Å². The van der Waals surface area contributed by atoms with Gasteiger partial charge in [0, 0.05) is 23.9 Å². The maximum absolute atomic E-state index is 14.0.